The zero-order valence-corrected chi connectivity index (χ0v) is 11.7. The number of likely N-dealkylation sites (N-methyl/N-ethyl adjacent to an activating group) is 1. The van der Waals surface area contributed by atoms with Gasteiger partial charge < -0.3 is 19.1 Å². The van der Waals surface area contributed by atoms with Crippen molar-refractivity contribution in [2.24, 2.45) is 0 Å². The first kappa shape index (κ1) is 13.0. The van der Waals surface area contributed by atoms with E-state index in [2.05, 4.69) is 31.1 Å². The molecular formula is C14H21NO3. The van der Waals surface area contributed by atoms with Gasteiger partial charge in [0.1, 0.15) is 0 Å². The maximum Gasteiger partial charge on any atom is 0.203 e. The van der Waals surface area contributed by atoms with E-state index in [0.29, 0.717) is 17.7 Å². The molecule has 1 aliphatic rings. The van der Waals surface area contributed by atoms with Gasteiger partial charge in [-0.05, 0) is 38.2 Å². The third-order valence-corrected chi connectivity index (χ3v) is 3.54. The zero-order chi connectivity index (χ0) is 13.3. The molecule has 4 heteroatoms. The van der Waals surface area contributed by atoms with E-state index < -0.39 is 0 Å². The molecular weight excluding hydrogens is 230 g/mol. The maximum absolute atomic E-state index is 5.37. The minimum Gasteiger partial charge on any atom is -0.493 e. The number of rotatable bonds is 5. The van der Waals surface area contributed by atoms with Crippen molar-refractivity contribution in [2.45, 2.75) is 18.4 Å². The van der Waals surface area contributed by atoms with Crippen LogP contribution >= 0.6 is 0 Å². The fraction of sp³-hybridized carbons (Fsp3) is 0.571. The number of benzene rings is 1. The summed E-state index contributed by atoms with van der Waals surface area (Å²) in [5, 5.41) is 0. The Hall–Kier alpha value is -1.42. The molecule has 4 nitrogen and oxygen atoms in total. The maximum atomic E-state index is 5.37. The Kier molecular flexibility index (Phi) is 3.66. The minimum atomic E-state index is 0.564. The molecule has 1 saturated carbocycles. The van der Waals surface area contributed by atoms with E-state index in [0.717, 1.165) is 11.5 Å². The number of nitrogens with zero attached hydrogens (tertiary/aromatic N) is 1. The first-order valence-electron chi connectivity index (χ1n) is 6.08. The van der Waals surface area contributed by atoms with Crippen LogP contribution in [0.5, 0.6) is 17.2 Å². The predicted molar refractivity (Wildman–Crippen MR) is 70.9 cm³/mol. The number of ether oxygens (including phenoxy) is 3. The normalized spacial score (nSPS) is 21.9. The van der Waals surface area contributed by atoms with Crippen LogP contribution in [0.3, 0.4) is 0 Å². The molecule has 1 aromatic rings. The highest BCUT2D eigenvalue weighted by molar-refractivity contribution is 5.55. The lowest BCUT2D eigenvalue weighted by atomic mass is 10.1. The van der Waals surface area contributed by atoms with Crippen molar-refractivity contribution in [2.75, 3.05) is 35.4 Å². The van der Waals surface area contributed by atoms with Crippen LogP contribution in [-0.4, -0.2) is 46.4 Å². The molecule has 1 aliphatic carbocycles. The van der Waals surface area contributed by atoms with Gasteiger partial charge in [0.25, 0.3) is 0 Å². The summed E-state index contributed by atoms with van der Waals surface area (Å²) in [5.74, 6) is 2.69. The van der Waals surface area contributed by atoms with Gasteiger partial charge in [-0.15, -0.1) is 0 Å². The second-order valence-corrected chi connectivity index (χ2v) is 4.83. The minimum absolute atomic E-state index is 0.564. The van der Waals surface area contributed by atoms with Crippen LogP contribution in [-0.2, 0) is 0 Å². The molecule has 100 valence electrons. The first-order chi connectivity index (χ1) is 8.62. The lowest BCUT2D eigenvalue weighted by molar-refractivity contribution is 0.323. The molecule has 2 atom stereocenters. The molecule has 0 saturated heterocycles. The van der Waals surface area contributed by atoms with E-state index >= 15 is 0 Å². The first-order valence-corrected chi connectivity index (χ1v) is 6.08. The average Bonchev–Trinajstić information content (AvgIpc) is 3.17. The molecule has 0 aliphatic heterocycles. The fourth-order valence-corrected chi connectivity index (χ4v) is 2.43. The predicted octanol–water partition coefficient (Wildman–Crippen LogP) is 2.13. The topological polar surface area (TPSA) is 30.9 Å². The Morgan fingerprint density at radius 3 is 1.89 bits per heavy atom. The van der Waals surface area contributed by atoms with Crippen molar-refractivity contribution in [1.82, 2.24) is 4.90 Å². The van der Waals surface area contributed by atoms with Crippen molar-refractivity contribution in [1.29, 1.82) is 0 Å². The second-order valence-electron chi connectivity index (χ2n) is 4.83. The van der Waals surface area contributed by atoms with Crippen LogP contribution in [0.2, 0.25) is 0 Å². The standard InChI is InChI=1S/C14H21NO3/c1-15(2)11-8-10(11)9-6-12(16-3)14(18-5)13(7-9)17-4/h6-7,10-11H,8H2,1-5H3. The van der Waals surface area contributed by atoms with Crippen LogP contribution in [0.15, 0.2) is 12.1 Å². The molecule has 0 amide bonds. The van der Waals surface area contributed by atoms with Gasteiger partial charge in [0, 0.05) is 12.0 Å². The molecule has 2 rings (SSSR count). The summed E-state index contributed by atoms with van der Waals surface area (Å²) in [5.41, 5.74) is 1.25. The lowest BCUT2D eigenvalue weighted by Crippen LogP contribution is -2.15. The summed E-state index contributed by atoms with van der Waals surface area (Å²) in [6.07, 6.45) is 1.19. The van der Waals surface area contributed by atoms with Crippen molar-refractivity contribution in [3.05, 3.63) is 17.7 Å². The van der Waals surface area contributed by atoms with E-state index in [9.17, 15) is 0 Å². The highest BCUT2D eigenvalue weighted by Gasteiger charge is 2.40. The van der Waals surface area contributed by atoms with E-state index in [-0.39, 0.29) is 0 Å². The van der Waals surface area contributed by atoms with Crippen LogP contribution in [0.25, 0.3) is 0 Å². The third kappa shape index (κ3) is 2.25. The molecule has 0 radical (unpaired) electrons. The SMILES string of the molecule is COc1cc(C2CC2N(C)C)cc(OC)c1OC. The van der Waals surface area contributed by atoms with Gasteiger partial charge in [0.15, 0.2) is 11.5 Å². The van der Waals surface area contributed by atoms with E-state index in [1.807, 2.05) is 0 Å². The van der Waals surface area contributed by atoms with Gasteiger partial charge in [-0.25, -0.2) is 0 Å². The Labute approximate surface area is 108 Å². The zero-order valence-electron chi connectivity index (χ0n) is 11.7. The summed E-state index contributed by atoms with van der Waals surface area (Å²) in [4.78, 5) is 2.26. The van der Waals surface area contributed by atoms with Crippen molar-refractivity contribution in [3.8, 4) is 17.2 Å². The van der Waals surface area contributed by atoms with Gasteiger partial charge >= 0.3 is 0 Å². The highest BCUT2D eigenvalue weighted by Crippen LogP contribution is 2.48. The molecule has 0 spiro atoms. The van der Waals surface area contributed by atoms with Crippen LogP contribution in [0.1, 0.15) is 17.9 Å². The summed E-state index contributed by atoms with van der Waals surface area (Å²) < 4.78 is 16.1. The molecule has 18 heavy (non-hydrogen) atoms. The summed E-state index contributed by atoms with van der Waals surface area (Å²) in [6, 6.07) is 4.72. The Bertz CT molecular complexity index is 406. The van der Waals surface area contributed by atoms with Gasteiger partial charge in [-0.3, -0.25) is 0 Å². The number of methoxy groups -OCH3 is 3. The number of hydrogen-bond acceptors (Lipinski definition) is 4. The molecule has 0 aromatic heterocycles. The van der Waals surface area contributed by atoms with Gasteiger partial charge in [-0.1, -0.05) is 0 Å². The van der Waals surface area contributed by atoms with Gasteiger partial charge in [0.05, 0.1) is 21.3 Å². The molecule has 2 unspecified atom stereocenters. The molecule has 0 bridgehead atoms. The van der Waals surface area contributed by atoms with Crippen molar-refractivity contribution >= 4 is 0 Å². The number of hydrogen-bond donors (Lipinski definition) is 0. The van der Waals surface area contributed by atoms with E-state index in [1.165, 1.54) is 12.0 Å². The molecule has 0 N–H and O–H groups in total. The highest BCUT2D eigenvalue weighted by atomic mass is 16.5. The van der Waals surface area contributed by atoms with Crippen LogP contribution in [0.4, 0.5) is 0 Å². The summed E-state index contributed by atoms with van der Waals surface area (Å²) >= 11 is 0. The average molecular weight is 251 g/mol. The second kappa shape index (κ2) is 5.06. The quantitative estimate of drug-likeness (QED) is 0.802. The fourth-order valence-electron chi connectivity index (χ4n) is 2.43. The van der Waals surface area contributed by atoms with Gasteiger partial charge in [-0.2, -0.15) is 0 Å². The van der Waals surface area contributed by atoms with Crippen molar-refractivity contribution < 1.29 is 14.2 Å². The third-order valence-electron chi connectivity index (χ3n) is 3.54. The summed E-state index contributed by atoms with van der Waals surface area (Å²) in [7, 11) is 9.15. The van der Waals surface area contributed by atoms with Gasteiger partial charge in [0.2, 0.25) is 5.75 Å². The largest absolute Gasteiger partial charge is 0.493 e. The Morgan fingerprint density at radius 1 is 1.00 bits per heavy atom. The summed E-state index contributed by atoms with van der Waals surface area (Å²) in [6.45, 7) is 0. The van der Waals surface area contributed by atoms with E-state index in [1.54, 1.807) is 21.3 Å². The monoisotopic (exact) mass is 251 g/mol. The molecule has 0 heterocycles. The van der Waals surface area contributed by atoms with Crippen LogP contribution in [0, 0.1) is 0 Å². The Balaban J connectivity index is 2.33. The Morgan fingerprint density at radius 2 is 1.56 bits per heavy atom. The molecule has 1 aromatic carbocycles. The van der Waals surface area contributed by atoms with Crippen molar-refractivity contribution in [3.63, 3.8) is 0 Å². The van der Waals surface area contributed by atoms with E-state index in [4.69, 9.17) is 14.2 Å². The molecule has 1 fully saturated rings. The lowest BCUT2D eigenvalue weighted by Gasteiger charge is -2.15. The van der Waals surface area contributed by atoms with Crippen LogP contribution < -0.4 is 14.2 Å². The smallest absolute Gasteiger partial charge is 0.203 e.